The van der Waals surface area contributed by atoms with Gasteiger partial charge in [0.25, 0.3) is 0 Å². The Morgan fingerprint density at radius 1 is 1.48 bits per heavy atom. The largest absolute Gasteiger partial charge is 0.457 e. The first-order valence-electron chi connectivity index (χ1n) is 8.34. The fourth-order valence-electron chi connectivity index (χ4n) is 2.84. The molecule has 0 aliphatic carbocycles. The summed E-state index contributed by atoms with van der Waals surface area (Å²) >= 11 is 1.81. The van der Waals surface area contributed by atoms with Crippen LogP contribution in [0.5, 0.6) is 0 Å². The molecule has 0 saturated carbocycles. The van der Waals surface area contributed by atoms with Crippen LogP contribution in [-0.2, 0) is 20.9 Å². The van der Waals surface area contributed by atoms with Gasteiger partial charge in [0.05, 0.1) is 6.04 Å². The molecule has 0 radical (unpaired) electrons. The lowest BCUT2D eigenvalue weighted by Crippen LogP contribution is -2.47. The van der Waals surface area contributed by atoms with E-state index in [4.69, 9.17) is 4.74 Å². The molecule has 0 bridgehead atoms. The van der Waals surface area contributed by atoms with Gasteiger partial charge in [0.15, 0.2) is 0 Å². The van der Waals surface area contributed by atoms with Gasteiger partial charge in [-0.05, 0) is 38.5 Å². The van der Waals surface area contributed by atoms with Crippen LogP contribution in [0, 0.1) is 0 Å². The van der Waals surface area contributed by atoms with E-state index in [2.05, 4.69) is 15.2 Å². The Kier molecular flexibility index (Phi) is 5.15. The molecule has 3 rings (SSSR count). The van der Waals surface area contributed by atoms with Crippen molar-refractivity contribution in [3.05, 3.63) is 29.5 Å². The van der Waals surface area contributed by atoms with Crippen LogP contribution in [0.25, 0.3) is 6.08 Å². The number of hydrogen-bond acceptors (Lipinski definition) is 6. The van der Waals surface area contributed by atoms with Crippen LogP contribution in [0.4, 0.5) is 5.82 Å². The van der Waals surface area contributed by atoms with Crippen LogP contribution in [0.2, 0.25) is 0 Å². The van der Waals surface area contributed by atoms with Crippen molar-refractivity contribution >= 4 is 35.5 Å². The number of rotatable bonds is 2. The number of esters is 1. The summed E-state index contributed by atoms with van der Waals surface area (Å²) in [5.41, 5.74) is 1.26. The predicted octanol–water partition coefficient (Wildman–Crippen LogP) is 2.31. The monoisotopic (exact) mass is 361 g/mol. The minimum Gasteiger partial charge on any atom is -0.457 e. The molecule has 0 aromatic carbocycles. The Morgan fingerprint density at radius 2 is 2.28 bits per heavy atom. The highest BCUT2D eigenvalue weighted by atomic mass is 32.2. The number of carbonyl (C=O) groups excluding carboxylic acids is 2. The summed E-state index contributed by atoms with van der Waals surface area (Å²) in [6.07, 6.45) is 4.75. The van der Waals surface area contributed by atoms with Gasteiger partial charge in [0, 0.05) is 42.4 Å². The molecular formula is C18H23N3O3S. The first-order valence-corrected chi connectivity index (χ1v) is 9.50. The third-order valence-corrected chi connectivity index (χ3v) is 4.99. The van der Waals surface area contributed by atoms with E-state index < -0.39 is 5.60 Å². The van der Waals surface area contributed by atoms with E-state index in [9.17, 15) is 9.59 Å². The van der Waals surface area contributed by atoms with E-state index in [0.717, 1.165) is 29.2 Å². The zero-order chi connectivity index (χ0) is 18.0. The van der Waals surface area contributed by atoms with Gasteiger partial charge in [0.1, 0.15) is 11.4 Å². The van der Waals surface area contributed by atoms with E-state index in [0.29, 0.717) is 12.4 Å². The van der Waals surface area contributed by atoms with Gasteiger partial charge >= 0.3 is 5.97 Å². The number of pyridine rings is 1. The molecule has 1 unspecified atom stereocenters. The molecule has 134 valence electrons. The lowest BCUT2D eigenvalue weighted by atomic mass is 10.1. The summed E-state index contributed by atoms with van der Waals surface area (Å²) in [6.45, 7) is 7.07. The smallest absolute Gasteiger partial charge is 0.331 e. The Hall–Kier alpha value is -1.86. The molecule has 1 N–H and O–H groups in total. The molecule has 2 aliphatic rings. The van der Waals surface area contributed by atoms with Crippen LogP contribution in [0.15, 0.2) is 18.3 Å². The van der Waals surface area contributed by atoms with Crippen molar-refractivity contribution in [1.82, 2.24) is 9.88 Å². The quantitative estimate of drug-likeness (QED) is 0.644. The third kappa shape index (κ3) is 4.61. The number of ether oxygens (including phenoxy) is 1. The molecule has 1 aromatic rings. The SMILES string of the molecule is CC(C)(C)OC(=O)/C=C/c1cnc2c(c1)CN1CCSCC1C(=O)N2. The second-order valence-corrected chi connectivity index (χ2v) is 8.34. The molecular weight excluding hydrogens is 338 g/mol. The molecule has 1 saturated heterocycles. The number of fused-ring (bicyclic) bond motifs is 2. The van der Waals surface area contributed by atoms with Crippen LogP contribution < -0.4 is 5.32 Å². The maximum Gasteiger partial charge on any atom is 0.331 e. The molecule has 6 nitrogen and oxygen atoms in total. The summed E-state index contributed by atoms with van der Waals surface area (Å²) in [5.74, 6) is 2.08. The average molecular weight is 361 g/mol. The third-order valence-electron chi connectivity index (χ3n) is 3.96. The van der Waals surface area contributed by atoms with Crippen molar-refractivity contribution in [1.29, 1.82) is 0 Å². The highest BCUT2D eigenvalue weighted by Crippen LogP contribution is 2.27. The average Bonchev–Trinajstić information content (AvgIpc) is 2.67. The van der Waals surface area contributed by atoms with Gasteiger partial charge in [0.2, 0.25) is 5.91 Å². The van der Waals surface area contributed by atoms with E-state index in [1.807, 2.05) is 26.8 Å². The maximum absolute atomic E-state index is 12.4. The molecule has 1 amide bonds. The standard InChI is InChI=1S/C18H23N3O3S/c1-18(2,3)24-15(22)5-4-12-8-13-10-21-6-7-25-11-14(21)17(23)20-16(13)19-9-12/h4-5,8-9,14H,6-7,10-11H2,1-3H3,(H,19,20,23)/b5-4+. The number of hydrogen-bond donors (Lipinski definition) is 1. The number of thioether (sulfide) groups is 1. The summed E-state index contributed by atoms with van der Waals surface area (Å²) in [7, 11) is 0. The van der Waals surface area contributed by atoms with Crippen molar-refractivity contribution in [2.75, 3.05) is 23.4 Å². The Labute approximate surface area is 152 Å². The Bertz CT molecular complexity index is 712. The molecule has 0 spiro atoms. The fourth-order valence-corrected chi connectivity index (χ4v) is 3.96. The van der Waals surface area contributed by atoms with Crippen LogP contribution in [-0.4, -0.2) is 51.5 Å². The van der Waals surface area contributed by atoms with Gasteiger partial charge in [-0.1, -0.05) is 0 Å². The van der Waals surface area contributed by atoms with Crippen molar-refractivity contribution in [2.45, 2.75) is 39.0 Å². The van der Waals surface area contributed by atoms with E-state index in [-0.39, 0.29) is 17.9 Å². The van der Waals surface area contributed by atoms with Crippen LogP contribution in [0.1, 0.15) is 31.9 Å². The molecule has 25 heavy (non-hydrogen) atoms. The first kappa shape index (κ1) is 17.9. The predicted molar refractivity (Wildman–Crippen MR) is 99.3 cm³/mol. The molecule has 3 heterocycles. The van der Waals surface area contributed by atoms with E-state index in [1.54, 1.807) is 24.0 Å². The number of carbonyl (C=O) groups is 2. The number of amides is 1. The first-order chi connectivity index (χ1) is 11.8. The van der Waals surface area contributed by atoms with Gasteiger partial charge in [-0.3, -0.25) is 9.69 Å². The lowest BCUT2D eigenvalue weighted by Gasteiger charge is -2.31. The number of nitrogens with zero attached hydrogens (tertiary/aromatic N) is 2. The van der Waals surface area contributed by atoms with Crippen LogP contribution in [0.3, 0.4) is 0 Å². The molecule has 1 atom stereocenters. The maximum atomic E-state index is 12.4. The van der Waals surface area contributed by atoms with Crippen molar-refractivity contribution in [2.24, 2.45) is 0 Å². The zero-order valence-corrected chi connectivity index (χ0v) is 15.6. The van der Waals surface area contributed by atoms with Gasteiger partial charge in [-0.15, -0.1) is 0 Å². The van der Waals surface area contributed by atoms with Gasteiger partial charge < -0.3 is 10.1 Å². The van der Waals surface area contributed by atoms with Gasteiger partial charge in [-0.2, -0.15) is 11.8 Å². The summed E-state index contributed by atoms with van der Waals surface area (Å²) < 4.78 is 5.26. The topological polar surface area (TPSA) is 71.5 Å². The second-order valence-electron chi connectivity index (χ2n) is 7.19. The second kappa shape index (κ2) is 7.17. The van der Waals surface area contributed by atoms with E-state index in [1.165, 1.54) is 6.08 Å². The van der Waals surface area contributed by atoms with Gasteiger partial charge in [-0.25, -0.2) is 9.78 Å². The number of nitrogens with one attached hydrogen (secondary N) is 1. The number of aromatic nitrogens is 1. The van der Waals surface area contributed by atoms with Crippen LogP contribution >= 0.6 is 11.8 Å². The molecule has 1 aromatic heterocycles. The lowest BCUT2D eigenvalue weighted by molar-refractivity contribution is -0.148. The molecule has 1 fully saturated rings. The fraction of sp³-hybridized carbons (Fsp3) is 0.500. The van der Waals surface area contributed by atoms with Crippen molar-refractivity contribution < 1.29 is 14.3 Å². The number of anilines is 1. The molecule has 2 aliphatic heterocycles. The van der Waals surface area contributed by atoms with Crippen molar-refractivity contribution in [3.63, 3.8) is 0 Å². The summed E-state index contributed by atoms with van der Waals surface area (Å²) in [4.78, 5) is 30.7. The zero-order valence-electron chi connectivity index (χ0n) is 14.7. The molecule has 7 heteroatoms. The summed E-state index contributed by atoms with van der Waals surface area (Å²) in [5, 5.41) is 2.92. The highest BCUT2D eigenvalue weighted by Gasteiger charge is 2.32. The highest BCUT2D eigenvalue weighted by molar-refractivity contribution is 7.99. The Morgan fingerprint density at radius 3 is 3.04 bits per heavy atom. The Balaban J connectivity index is 1.77. The minimum absolute atomic E-state index is 0.00972. The normalized spacial score (nSPS) is 21.2. The summed E-state index contributed by atoms with van der Waals surface area (Å²) in [6, 6.07) is 1.86. The van der Waals surface area contributed by atoms with E-state index >= 15 is 0 Å². The minimum atomic E-state index is -0.515. The van der Waals surface area contributed by atoms with Crippen molar-refractivity contribution in [3.8, 4) is 0 Å².